The van der Waals surface area contributed by atoms with Crippen molar-refractivity contribution in [2.75, 3.05) is 19.7 Å². The molecule has 0 unspecified atom stereocenters. The van der Waals surface area contributed by atoms with E-state index in [1.165, 1.54) is 0 Å². The molecule has 2 heterocycles. The third kappa shape index (κ3) is 5.42. The highest BCUT2D eigenvalue weighted by atomic mass is 16.6. The van der Waals surface area contributed by atoms with Gasteiger partial charge in [0.1, 0.15) is 30.1 Å². The van der Waals surface area contributed by atoms with Gasteiger partial charge in [-0.1, -0.05) is 84.9 Å². The SMILES string of the molecule is NC(=O)c1cccc2[nH]c(C3(NC(=O)OCC4c5ccccc5-c5ccccc54)CCN(C(=O)OCc4ccccc4)CC3)nc12. The lowest BCUT2D eigenvalue weighted by Gasteiger charge is -2.40. The van der Waals surface area contributed by atoms with E-state index in [2.05, 4.69) is 34.6 Å². The molecule has 0 bridgehead atoms. The molecule has 1 aliphatic heterocycles. The summed E-state index contributed by atoms with van der Waals surface area (Å²) in [6, 6.07) is 30.9. The van der Waals surface area contributed by atoms with Gasteiger partial charge in [0.05, 0.1) is 11.1 Å². The first-order valence-corrected chi connectivity index (χ1v) is 15.3. The minimum absolute atomic E-state index is 0.0975. The molecule has 10 heteroatoms. The topological polar surface area (TPSA) is 140 Å². The van der Waals surface area contributed by atoms with E-state index < -0.39 is 23.6 Å². The lowest BCUT2D eigenvalue weighted by atomic mass is 9.86. The number of imidazole rings is 1. The molecular formula is C36H33N5O5. The van der Waals surface area contributed by atoms with Gasteiger partial charge < -0.3 is 30.4 Å². The third-order valence-electron chi connectivity index (χ3n) is 9.00. The van der Waals surface area contributed by atoms with Crippen molar-refractivity contribution < 1.29 is 23.9 Å². The number of piperidine rings is 1. The number of fused-ring (bicyclic) bond motifs is 4. The van der Waals surface area contributed by atoms with Gasteiger partial charge in [-0.25, -0.2) is 14.6 Å². The maximum absolute atomic E-state index is 13.6. The second kappa shape index (κ2) is 12.0. The molecule has 3 amide bonds. The van der Waals surface area contributed by atoms with Gasteiger partial charge in [0.25, 0.3) is 5.91 Å². The van der Waals surface area contributed by atoms with E-state index in [4.69, 9.17) is 20.2 Å². The number of nitrogens with two attached hydrogens (primary N) is 1. The Balaban J connectivity index is 1.11. The summed E-state index contributed by atoms with van der Waals surface area (Å²) in [5.41, 5.74) is 11.3. The summed E-state index contributed by atoms with van der Waals surface area (Å²) in [5, 5.41) is 3.10. The van der Waals surface area contributed by atoms with Crippen LogP contribution in [0.15, 0.2) is 97.1 Å². The van der Waals surface area contributed by atoms with Gasteiger partial charge in [-0.2, -0.15) is 0 Å². The number of benzene rings is 4. The Morgan fingerprint density at radius 3 is 2.17 bits per heavy atom. The minimum atomic E-state index is -1.01. The molecule has 1 saturated heterocycles. The van der Waals surface area contributed by atoms with Crippen LogP contribution in [0.25, 0.3) is 22.2 Å². The Morgan fingerprint density at radius 1 is 0.848 bits per heavy atom. The summed E-state index contributed by atoms with van der Waals surface area (Å²) >= 11 is 0. The number of hydrogen-bond donors (Lipinski definition) is 3. The lowest BCUT2D eigenvalue weighted by molar-refractivity contribution is 0.0663. The summed E-state index contributed by atoms with van der Waals surface area (Å²) in [5.74, 6) is -0.236. The first-order chi connectivity index (χ1) is 22.4. The number of carbonyl (C=O) groups excluding carboxylic acids is 3. The zero-order valence-electron chi connectivity index (χ0n) is 25.1. The number of primary amides is 1. The Bertz CT molecular complexity index is 1880. The van der Waals surface area contributed by atoms with Crippen LogP contribution in [0.2, 0.25) is 0 Å². The highest BCUT2D eigenvalue weighted by molar-refractivity contribution is 6.04. The van der Waals surface area contributed by atoms with E-state index in [1.54, 1.807) is 23.1 Å². The van der Waals surface area contributed by atoms with E-state index in [0.29, 0.717) is 42.8 Å². The fraction of sp³-hybridized carbons (Fsp3) is 0.222. The number of aromatic amines is 1. The number of amides is 3. The van der Waals surface area contributed by atoms with Crippen LogP contribution in [-0.4, -0.2) is 52.7 Å². The molecule has 1 aromatic heterocycles. The first-order valence-electron chi connectivity index (χ1n) is 15.3. The molecule has 1 aliphatic carbocycles. The first kappa shape index (κ1) is 29.1. The molecule has 0 spiro atoms. The predicted molar refractivity (Wildman–Crippen MR) is 172 cm³/mol. The van der Waals surface area contributed by atoms with Gasteiger partial charge in [0, 0.05) is 19.0 Å². The number of likely N-dealkylation sites (tertiary alicyclic amines) is 1. The standard InChI is InChI=1S/C36H33N5O5/c37-32(42)28-15-8-16-30-31(28)39-33(38-30)36(17-19-41(20-18-36)35(44)46-21-23-9-2-1-3-10-23)40-34(43)45-22-29-26-13-6-4-11-24(26)25-12-5-7-14-27(25)29/h1-16,29H,17-22H2,(H2,37,42)(H,38,39)(H,40,43). The number of para-hydroxylation sites is 1. The average Bonchev–Trinajstić information content (AvgIpc) is 3.67. The molecule has 232 valence electrons. The quantitative estimate of drug-likeness (QED) is 0.211. The van der Waals surface area contributed by atoms with Gasteiger partial charge in [-0.3, -0.25) is 4.79 Å². The van der Waals surface area contributed by atoms with E-state index in [0.717, 1.165) is 27.8 Å². The van der Waals surface area contributed by atoms with Crippen molar-refractivity contribution in [1.82, 2.24) is 20.2 Å². The molecule has 0 saturated carbocycles. The normalized spacial score (nSPS) is 15.2. The molecule has 10 nitrogen and oxygen atoms in total. The largest absolute Gasteiger partial charge is 0.449 e. The Kier molecular flexibility index (Phi) is 7.61. The number of nitrogens with one attached hydrogen (secondary N) is 2. The average molecular weight is 616 g/mol. The molecule has 4 N–H and O–H groups in total. The van der Waals surface area contributed by atoms with Crippen molar-refractivity contribution in [2.45, 2.75) is 30.9 Å². The zero-order valence-corrected chi connectivity index (χ0v) is 25.1. The van der Waals surface area contributed by atoms with Crippen LogP contribution in [0.1, 0.15) is 51.6 Å². The molecule has 0 atom stereocenters. The number of rotatable bonds is 7. The summed E-state index contributed by atoms with van der Waals surface area (Å²) < 4.78 is 11.5. The molecule has 7 rings (SSSR count). The fourth-order valence-corrected chi connectivity index (χ4v) is 6.59. The number of hydrogen-bond acceptors (Lipinski definition) is 6. The zero-order chi connectivity index (χ0) is 31.7. The van der Waals surface area contributed by atoms with Crippen LogP contribution in [0.3, 0.4) is 0 Å². The Hall–Kier alpha value is -5.64. The van der Waals surface area contributed by atoms with Gasteiger partial charge in [-0.15, -0.1) is 0 Å². The van der Waals surface area contributed by atoms with Crippen LogP contribution in [0, 0.1) is 0 Å². The molecule has 0 radical (unpaired) electrons. The van der Waals surface area contributed by atoms with Crippen molar-refractivity contribution in [1.29, 1.82) is 0 Å². The van der Waals surface area contributed by atoms with E-state index in [9.17, 15) is 14.4 Å². The second-order valence-corrected chi connectivity index (χ2v) is 11.7. The molecule has 4 aromatic carbocycles. The van der Waals surface area contributed by atoms with E-state index in [1.807, 2.05) is 54.6 Å². The van der Waals surface area contributed by atoms with E-state index >= 15 is 0 Å². The highest BCUT2D eigenvalue weighted by Crippen LogP contribution is 2.44. The molecular weight excluding hydrogens is 582 g/mol. The molecule has 46 heavy (non-hydrogen) atoms. The number of aromatic nitrogens is 2. The van der Waals surface area contributed by atoms with Crippen LogP contribution in [-0.2, 0) is 21.6 Å². The van der Waals surface area contributed by atoms with Crippen molar-refractivity contribution in [3.63, 3.8) is 0 Å². The third-order valence-corrected chi connectivity index (χ3v) is 9.00. The maximum Gasteiger partial charge on any atom is 0.410 e. The Morgan fingerprint density at radius 2 is 1.50 bits per heavy atom. The van der Waals surface area contributed by atoms with Crippen LogP contribution < -0.4 is 11.1 Å². The lowest BCUT2D eigenvalue weighted by Crippen LogP contribution is -2.55. The monoisotopic (exact) mass is 615 g/mol. The number of alkyl carbamates (subject to hydrolysis) is 1. The van der Waals surface area contributed by atoms with Gasteiger partial charge in [0.15, 0.2) is 0 Å². The van der Waals surface area contributed by atoms with Crippen molar-refractivity contribution in [2.24, 2.45) is 5.73 Å². The summed E-state index contributed by atoms with van der Waals surface area (Å²) in [7, 11) is 0. The smallest absolute Gasteiger partial charge is 0.410 e. The van der Waals surface area contributed by atoms with Crippen molar-refractivity contribution in [3.8, 4) is 11.1 Å². The minimum Gasteiger partial charge on any atom is -0.449 e. The predicted octanol–water partition coefficient (Wildman–Crippen LogP) is 5.83. The summed E-state index contributed by atoms with van der Waals surface area (Å²) in [4.78, 5) is 48.4. The van der Waals surface area contributed by atoms with Gasteiger partial charge in [0.2, 0.25) is 0 Å². The van der Waals surface area contributed by atoms with Gasteiger partial charge in [-0.05, 0) is 52.8 Å². The molecule has 2 aliphatic rings. The summed E-state index contributed by atoms with van der Waals surface area (Å²) in [6.45, 7) is 0.923. The van der Waals surface area contributed by atoms with Crippen LogP contribution in [0.5, 0.6) is 0 Å². The van der Waals surface area contributed by atoms with Crippen molar-refractivity contribution >= 4 is 29.1 Å². The second-order valence-electron chi connectivity index (χ2n) is 11.7. The highest BCUT2D eigenvalue weighted by Gasteiger charge is 2.43. The number of ether oxygens (including phenoxy) is 2. The number of H-pyrrole nitrogens is 1. The van der Waals surface area contributed by atoms with Gasteiger partial charge >= 0.3 is 12.2 Å². The van der Waals surface area contributed by atoms with Crippen molar-refractivity contribution in [3.05, 3.63) is 125 Å². The number of nitrogens with zero attached hydrogens (tertiary/aromatic N) is 2. The van der Waals surface area contributed by atoms with Crippen LogP contribution in [0.4, 0.5) is 9.59 Å². The maximum atomic E-state index is 13.6. The Labute approximate surface area is 265 Å². The number of carbonyl (C=O) groups is 3. The summed E-state index contributed by atoms with van der Waals surface area (Å²) in [6.07, 6.45) is -0.357. The van der Waals surface area contributed by atoms with Crippen LogP contribution >= 0.6 is 0 Å². The van der Waals surface area contributed by atoms with E-state index in [-0.39, 0.29) is 24.7 Å². The molecule has 5 aromatic rings. The molecule has 1 fully saturated rings. The fourth-order valence-electron chi connectivity index (χ4n) is 6.59.